The molecule has 0 aliphatic heterocycles. The molecule has 0 spiro atoms. The molecule has 0 unspecified atom stereocenters. The van der Waals surface area contributed by atoms with Gasteiger partial charge in [0.2, 0.25) is 0 Å². The zero-order valence-corrected chi connectivity index (χ0v) is 11.4. The van der Waals surface area contributed by atoms with E-state index in [4.69, 9.17) is 0 Å². The third-order valence-corrected chi connectivity index (χ3v) is 3.31. The summed E-state index contributed by atoms with van der Waals surface area (Å²) in [7, 11) is 0. The predicted molar refractivity (Wildman–Crippen MR) is 79.3 cm³/mol. The van der Waals surface area contributed by atoms with Gasteiger partial charge in [-0.2, -0.15) is 5.10 Å². The summed E-state index contributed by atoms with van der Waals surface area (Å²) in [6.07, 6.45) is 5.52. The molecule has 0 fully saturated rings. The first kappa shape index (κ1) is 12.5. The van der Waals surface area contributed by atoms with Crippen LogP contribution in [0.3, 0.4) is 0 Å². The Morgan fingerprint density at radius 2 is 2.05 bits per heavy atom. The van der Waals surface area contributed by atoms with Crippen molar-refractivity contribution in [3.63, 3.8) is 0 Å². The zero-order chi connectivity index (χ0) is 13.8. The van der Waals surface area contributed by atoms with Gasteiger partial charge >= 0.3 is 0 Å². The van der Waals surface area contributed by atoms with Crippen molar-refractivity contribution < 1.29 is 0 Å². The first-order valence-corrected chi connectivity index (χ1v) is 6.69. The largest absolute Gasteiger partial charge is 0.379 e. The Labute approximate surface area is 117 Å². The van der Waals surface area contributed by atoms with E-state index in [2.05, 4.69) is 56.3 Å². The Balaban J connectivity index is 1.67. The number of benzene rings is 1. The quantitative estimate of drug-likeness (QED) is 0.747. The minimum absolute atomic E-state index is 0.775. The molecule has 0 radical (unpaired) electrons. The Morgan fingerprint density at radius 1 is 1.20 bits per heavy atom. The fourth-order valence-corrected chi connectivity index (χ4v) is 2.16. The van der Waals surface area contributed by atoms with E-state index in [9.17, 15) is 0 Å². The molecule has 0 saturated heterocycles. The second-order valence-corrected chi connectivity index (χ2v) is 4.57. The summed E-state index contributed by atoms with van der Waals surface area (Å²) in [6, 6.07) is 10.3. The van der Waals surface area contributed by atoms with Crippen LogP contribution in [-0.4, -0.2) is 19.7 Å². The molecule has 5 nitrogen and oxygen atoms in total. The van der Waals surface area contributed by atoms with Crippen LogP contribution in [0.5, 0.6) is 0 Å². The Bertz CT molecular complexity index is 652. The third-order valence-electron chi connectivity index (χ3n) is 3.31. The molecule has 2 aromatic heterocycles. The van der Waals surface area contributed by atoms with Crippen LogP contribution in [0.15, 0.2) is 49.1 Å². The van der Waals surface area contributed by atoms with Crippen LogP contribution in [-0.2, 0) is 13.1 Å². The Kier molecular flexibility index (Phi) is 3.50. The average molecular weight is 267 g/mol. The summed E-state index contributed by atoms with van der Waals surface area (Å²) in [5.41, 5.74) is 4.44. The molecule has 0 amide bonds. The number of anilines is 1. The van der Waals surface area contributed by atoms with Crippen LogP contribution < -0.4 is 5.32 Å². The lowest BCUT2D eigenvalue weighted by Gasteiger charge is -2.08. The van der Waals surface area contributed by atoms with Gasteiger partial charge < -0.3 is 9.88 Å². The molecule has 102 valence electrons. The number of aryl methyl sites for hydroxylation is 1. The van der Waals surface area contributed by atoms with Gasteiger partial charge in [-0.15, -0.1) is 0 Å². The van der Waals surface area contributed by atoms with Gasteiger partial charge in [-0.25, -0.2) is 4.98 Å². The summed E-state index contributed by atoms with van der Waals surface area (Å²) >= 11 is 0. The highest BCUT2D eigenvalue weighted by Gasteiger charge is 2.01. The van der Waals surface area contributed by atoms with Crippen LogP contribution in [0.25, 0.3) is 11.3 Å². The molecule has 0 saturated carbocycles. The highest BCUT2D eigenvalue weighted by Crippen LogP contribution is 2.19. The van der Waals surface area contributed by atoms with Crippen molar-refractivity contribution in [2.45, 2.75) is 20.0 Å². The van der Waals surface area contributed by atoms with E-state index in [1.807, 2.05) is 18.6 Å². The van der Waals surface area contributed by atoms with Gasteiger partial charge in [-0.05, 0) is 30.7 Å². The molecule has 3 aromatic rings. The number of nitrogens with one attached hydrogen (secondary N) is 2. The fraction of sp³-hybridized carbons (Fsp3) is 0.200. The Hall–Kier alpha value is -2.56. The summed E-state index contributed by atoms with van der Waals surface area (Å²) in [5, 5.41) is 10.3. The van der Waals surface area contributed by atoms with Gasteiger partial charge in [0.25, 0.3) is 0 Å². The van der Waals surface area contributed by atoms with Crippen molar-refractivity contribution in [1.29, 1.82) is 0 Å². The molecule has 3 rings (SSSR count). The zero-order valence-electron chi connectivity index (χ0n) is 11.4. The van der Waals surface area contributed by atoms with Gasteiger partial charge in [0.15, 0.2) is 0 Å². The van der Waals surface area contributed by atoms with E-state index in [0.717, 1.165) is 30.0 Å². The number of aromatic amines is 1. The molecular formula is C15H17N5. The number of hydrogen-bond donors (Lipinski definition) is 2. The molecule has 2 N–H and O–H groups in total. The first-order valence-electron chi connectivity index (χ1n) is 6.69. The van der Waals surface area contributed by atoms with Crippen LogP contribution in [0.4, 0.5) is 5.69 Å². The molecule has 0 aliphatic carbocycles. The summed E-state index contributed by atoms with van der Waals surface area (Å²) in [5.74, 6) is 0. The van der Waals surface area contributed by atoms with E-state index in [1.54, 1.807) is 6.20 Å². The molecule has 0 atom stereocenters. The lowest BCUT2D eigenvalue weighted by atomic mass is 10.1. The predicted octanol–water partition coefficient (Wildman–Crippen LogP) is 2.91. The maximum absolute atomic E-state index is 4.16. The molecule has 20 heavy (non-hydrogen) atoms. The van der Waals surface area contributed by atoms with Crippen LogP contribution >= 0.6 is 0 Å². The van der Waals surface area contributed by atoms with Gasteiger partial charge in [0, 0.05) is 24.6 Å². The number of nitrogens with zero attached hydrogens (tertiary/aromatic N) is 3. The molecule has 1 aromatic carbocycles. The minimum Gasteiger partial charge on any atom is -0.379 e. The van der Waals surface area contributed by atoms with Crippen molar-refractivity contribution in [3.05, 3.63) is 54.7 Å². The van der Waals surface area contributed by atoms with Crippen molar-refractivity contribution in [3.8, 4) is 11.3 Å². The van der Waals surface area contributed by atoms with Crippen molar-refractivity contribution in [1.82, 2.24) is 19.7 Å². The van der Waals surface area contributed by atoms with Gasteiger partial charge in [0.1, 0.15) is 0 Å². The second-order valence-electron chi connectivity index (χ2n) is 4.57. The van der Waals surface area contributed by atoms with Crippen LogP contribution in [0.2, 0.25) is 0 Å². The lowest BCUT2D eigenvalue weighted by Crippen LogP contribution is -2.05. The number of rotatable bonds is 5. The minimum atomic E-state index is 0.775. The van der Waals surface area contributed by atoms with Crippen molar-refractivity contribution in [2.24, 2.45) is 0 Å². The third kappa shape index (κ3) is 2.56. The molecule has 0 aliphatic rings. The van der Waals surface area contributed by atoms with Crippen LogP contribution in [0.1, 0.15) is 12.6 Å². The smallest absolute Gasteiger partial charge is 0.0948 e. The van der Waals surface area contributed by atoms with E-state index in [1.165, 1.54) is 5.69 Å². The standard InChI is InChI=1S/C15H17N5/c1-2-20-11-16-9-14(20)10-17-13-5-3-12(4-6-13)15-7-8-18-19-15/h3-9,11,17H,2,10H2,1H3,(H,18,19). The summed E-state index contributed by atoms with van der Waals surface area (Å²) in [6.45, 7) is 3.83. The van der Waals surface area contributed by atoms with Crippen molar-refractivity contribution >= 4 is 5.69 Å². The number of aromatic nitrogens is 4. The fourth-order valence-electron chi connectivity index (χ4n) is 2.16. The highest BCUT2D eigenvalue weighted by molar-refractivity contribution is 5.62. The van der Waals surface area contributed by atoms with E-state index in [0.29, 0.717) is 0 Å². The topological polar surface area (TPSA) is 58.5 Å². The summed E-state index contributed by atoms with van der Waals surface area (Å²) in [4.78, 5) is 4.16. The lowest BCUT2D eigenvalue weighted by molar-refractivity contribution is 0.719. The number of H-pyrrole nitrogens is 1. The SMILES string of the molecule is CCn1cncc1CNc1ccc(-c2ccn[nH]2)cc1. The van der Waals surface area contributed by atoms with E-state index >= 15 is 0 Å². The maximum Gasteiger partial charge on any atom is 0.0948 e. The van der Waals surface area contributed by atoms with Gasteiger partial charge in [-0.3, -0.25) is 5.10 Å². The second kappa shape index (κ2) is 5.61. The van der Waals surface area contributed by atoms with E-state index in [-0.39, 0.29) is 0 Å². The maximum atomic E-state index is 4.16. The van der Waals surface area contributed by atoms with Crippen molar-refractivity contribution in [2.75, 3.05) is 5.32 Å². The average Bonchev–Trinajstić information content (AvgIpc) is 3.16. The van der Waals surface area contributed by atoms with Gasteiger partial charge in [-0.1, -0.05) is 12.1 Å². The number of imidazole rings is 1. The summed E-state index contributed by atoms with van der Waals surface area (Å²) < 4.78 is 2.13. The van der Waals surface area contributed by atoms with E-state index < -0.39 is 0 Å². The molecule has 2 heterocycles. The molecule has 0 bridgehead atoms. The number of hydrogen-bond acceptors (Lipinski definition) is 3. The monoisotopic (exact) mass is 267 g/mol. The normalized spacial score (nSPS) is 10.7. The first-order chi connectivity index (χ1) is 9.86. The van der Waals surface area contributed by atoms with Crippen LogP contribution in [0, 0.1) is 0 Å². The molecule has 5 heteroatoms. The molecular weight excluding hydrogens is 250 g/mol. The Morgan fingerprint density at radius 3 is 2.75 bits per heavy atom. The highest BCUT2D eigenvalue weighted by atomic mass is 15.1. The van der Waals surface area contributed by atoms with Gasteiger partial charge in [0.05, 0.1) is 24.3 Å².